The molecule has 0 atom stereocenters. The topological polar surface area (TPSA) is 27.1 Å². The maximum Gasteiger partial charge on any atom is 0.419 e. The van der Waals surface area contributed by atoms with Gasteiger partial charge in [-0.1, -0.05) is 6.07 Å². The number of aryl methyl sites for hydroxylation is 1. The van der Waals surface area contributed by atoms with E-state index in [-0.39, 0.29) is 18.2 Å². The SMILES string of the molecule is Cn1ccc(COc2ccc(CCl)cc2C(F)(F)F)n1. The van der Waals surface area contributed by atoms with Crippen LogP contribution in [0.5, 0.6) is 5.75 Å². The molecule has 0 aliphatic carbocycles. The van der Waals surface area contributed by atoms with E-state index in [9.17, 15) is 13.2 Å². The first-order valence-corrected chi connectivity index (χ1v) is 6.31. The molecule has 7 heteroatoms. The average molecular weight is 305 g/mol. The van der Waals surface area contributed by atoms with Gasteiger partial charge in [0.2, 0.25) is 0 Å². The highest BCUT2D eigenvalue weighted by Crippen LogP contribution is 2.37. The molecule has 2 aromatic rings. The van der Waals surface area contributed by atoms with E-state index in [1.807, 2.05) is 0 Å². The molecule has 0 saturated carbocycles. The molecule has 20 heavy (non-hydrogen) atoms. The summed E-state index contributed by atoms with van der Waals surface area (Å²) in [5.41, 5.74) is 0.123. The molecule has 3 nitrogen and oxygen atoms in total. The van der Waals surface area contributed by atoms with Crippen LogP contribution in [0.15, 0.2) is 30.5 Å². The van der Waals surface area contributed by atoms with E-state index in [4.69, 9.17) is 16.3 Å². The highest BCUT2D eigenvalue weighted by molar-refractivity contribution is 6.17. The second-order valence-electron chi connectivity index (χ2n) is 4.23. The second kappa shape index (κ2) is 5.75. The Kier molecular flexibility index (Phi) is 4.23. The van der Waals surface area contributed by atoms with Crippen molar-refractivity contribution in [2.45, 2.75) is 18.7 Å². The Hall–Kier alpha value is -1.69. The van der Waals surface area contributed by atoms with E-state index in [1.165, 1.54) is 12.1 Å². The molecule has 2 rings (SSSR count). The normalized spacial score (nSPS) is 11.7. The van der Waals surface area contributed by atoms with Gasteiger partial charge in [0.25, 0.3) is 0 Å². The van der Waals surface area contributed by atoms with Crippen molar-refractivity contribution < 1.29 is 17.9 Å². The first-order chi connectivity index (χ1) is 9.40. The number of hydrogen-bond donors (Lipinski definition) is 0. The second-order valence-corrected chi connectivity index (χ2v) is 4.50. The Balaban J connectivity index is 2.22. The summed E-state index contributed by atoms with van der Waals surface area (Å²) in [6.07, 6.45) is -2.79. The molecule has 0 saturated heterocycles. The molecule has 0 fully saturated rings. The summed E-state index contributed by atoms with van der Waals surface area (Å²) in [6.45, 7) is -0.0237. The van der Waals surface area contributed by atoms with Gasteiger partial charge in [-0.3, -0.25) is 4.68 Å². The van der Waals surface area contributed by atoms with E-state index in [2.05, 4.69) is 5.10 Å². The Morgan fingerprint density at radius 1 is 1.30 bits per heavy atom. The lowest BCUT2D eigenvalue weighted by Gasteiger charge is -2.14. The largest absolute Gasteiger partial charge is 0.487 e. The fourth-order valence-electron chi connectivity index (χ4n) is 1.70. The van der Waals surface area contributed by atoms with Crippen molar-refractivity contribution in [3.63, 3.8) is 0 Å². The van der Waals surface area contributed by atoms with Crippen LogP contribution in [0.2, 0.25) is 0 Å². The van der Waals surface area contributed by atoms with Crippen molar-refractivity contribution in [3.05, 3.63) is 47.3 Å². The van der Waals surface area contributed by atoms with E-state index < -0.39 is 11.7 Å². The summed E-state index contributed by atoms with van der Waals surface area (Å²) in [5.74, 6) is -0.208. The monoisotopic (exact) mass is 304 g/mol. The van der Waals surface area contributed by atoms with Gasteiger partial charge in [-0.05, 0) is 23.8 Å². The molecular formula is C13H12ClF3N2O. The third-order valence-corrected chi connectivity index (χ3v) is 2.96. The first-order valence-electron chi connectivity index (χ1n) is 5.77. The molecule has 0 aliphatic rings. The third kappa shape index (κ3) is 3.45. The molecule has 1 aromatic carbocycles. The molecule has 108 valence electrons. The van der Waals surface area contributed by atoms with Gasteiger partial charge in [0, 0.05) is 19.1 Å². The highest BCUT2D eigenvalue weighted by atomic mass is 35.5. The van der Waals surface area contributed by atoms with Crippen molar-refractivity contribution in [2.75, 3.05) is 0 Å². The van der Waals surface area contributed by atoms with Crippen LogP contribution >= 0.6 is 11.6 Å². The van der Waals surface area contributed by atoms with Crippen LogP contribution in [0.25, 0.3) is 0 Å². The number of halogens is 4. The van der Waals surface area contributed by atoms with E-state index in [0.717, 1.165) is 6.07 Å². The van der Waals surface area contributed by atoms with Gasteiger partial charge in [0.15, 0.2) is 0 Å². The summed E-state index contributed by atoms with van der Waals surface area (Å²) in [7, 11) is 1.72. The van der Waals surface area contributed by atoms with Gasteiger partial charge in [0.05, 0.1) is 11.3 Å². The molecule has 0 radical (unpaired) electrons. The van der Waals surface area contributed by atoms with Crippen LogP contribution in [0, 0.1) is 0 Å². The Morgan fingerprint density at radius 3 is 2.60 bits per heavy atom. The maximum atomic E-state index is 13.0. The predicted molar refractivity (Wildman–Crippen MR) is 68.5 cm³/mol. The van der Waals surface area contributed by atoms with E-state index >= 15 is 0 Å². The Morgan fingerprint density at radius 2 is 2.05 bits per heavy atom. The lowest BCUT2D eigenvalue weighted by molar-refractivity contribution is -0.139. The highest BCUT2D eigenvalue weighted by Gasteiger charge is 2.34. The van der Waals surface area contributed by atoms with Crippen molar-refractivity contribution >= 4 is 11.6 Å². The Bertz CT molecular complexity index is 596. The van der Waals surface area contributed by atoms with Crippen LogP contribution < -0.4 is 4.74 Å². The molecule has 0 aliphatic heterocycles. The number of hydrogen-bond acceptors (Lipinski definition) is 2. The minimum atomic E-state index is -4.48. The standard InChI is InChI=1S/C13H12ClF3N2O/c1-19-5-4-10(18-19)8-20-12-3-2-9(7-14)6-11(12)13(15,16)17/h2-6H,7-8H2,1H3. The first kappa shape index (κ1) is 14.7. The molecule has 0 amide bonds. The third-order valence-electron chi connectivity index (χ3n) is 2.65. The fraction of sp³-hybridized carbons (Fsp3) is 0.308. The quantitative estimate of drug-likeness (QED) is 0.804. The summed E-state index contributed by atoms with van der Waals surface area (Å²) >= 11 is 5.56. The zero-order valence-electron chi connectivity index (χ0n) is 10.6. The molecule has 1 aromatic heterocycles. The van der Waals surface area contributed by atoms with Crippen molar-refractivity contribution in [2.24, 2.45) is 7.05 Å². The van der Waals surface area contributed by atoms with Gasteiger partial charge >= 0.3 is 6.18 Å². The lowest BCUT2D eigenvalue weighted by Crippen LogP contribution is -2.09. The molecule has 0 N–H and O–H groups in total. The van der Waals surface area contributed by atoms with Crippen LogP contribution in [-0.4, -0.2) is 9.78 Å². The average Bonchev–Trinajstić information content (AvgIpc) is 2.81. The number of aromatic nitrogens is 2. The lowest BCUT2D eigenvalue weighted by atomic mass is 10.1. The van der Waals surface area contributed by atoms with Crippen LogP contribution in [0.4, 0.5) is 13.2 Å². The molecule has 0 spiro atoms. The molecule has 0 unspecified atom stereocenters. The zero-order valence-corrected chi connectivity index (χ0v) is 11.4. The van der Waals surface area contributed by atoms with Gasteiger partial charge in [0.1, 0.15) is 12.4 Å². The molecule has 0 bridgehead atoms. The van der Waals surface area contributed by atoms with Crippen LogP contribution in [-0.2, 0) is 25.7 Å². The van der Waals surface area contributed by atoms with Crippen LogP contribution in [0.3, 0.4) is 0 Å². The van der Waals surface area contributed by atoms with E-state index in [1.54, 1.807) is 24.0 Å². The zero-order chi connectivity index (χ0) is 14.8. The number of nitrogens with zero attached hydrogens (tertiary/aromatic N) is 2. The summed E-state index contributed by atoms with van der Waals surface area (Å²) in [6, 6.07) is 5.47. The minimum Gasteiger partial charge on any atom is -0.487 e. The fourth-order valence-corrected chi connectivity index (χ4v) is 1.87. The minimum absolute atomic E-state index is 0.0175. The maximum absolute atomic E-state index is 13.0. The summed E-state index contributed by atoms with van der Waals surface area (Å²) in [5, 5.41) is 4.04. The summed E-state index contributed by atoms with van der Waals surface area (Å²) < 4.78 is 45.6. The smallest absolute Gasteiger partial charge is 0.419 e. The summed E-state index contributed by atoms with van der Waals surface area (Å²) in [4.78, 5) is 0. The Labute approximate surface area is 118 Å². The molecular weight excluding hydrogens is 293 g/mol. The van der Waals surface area contributed by atoms with Crippen molar-refractivity contribution in [1.29, 1.82) is 0 Å². The van der Waals surface area contributed by atoms with Crippen LogP contribution in [0.1, 0.15) is 16.8 Å². The molecule has 1 heterocycles. The van der Waals surface area contributed by atoms with E-state index in [0.29, 0.717) is 11.3 Å². The van der Waals surface area contributed by atoms with Gasteiger partial charge < -0.3 is 4.74 Å². The van der Waals surface area contributed by atoms with Gasteiger partial charge in [-0.15, -0.1) is 11.6 Å². The van der Waals surface area contributed by atoms with Crippen molar-refractivity contribution in [1.82, 2.24) is 9.78 Å². The van der Waals surface area contributed by atoms with Gasteiger partial charge in [-0.25, -0.2) is 0 Å². The number of rotatable bonds is 4. The predicted octanol–water partition coefficient (Wildman–Crippen LogP) is 3.76. The van der Waals surface area contributed by atoms with Gasteiger partial charge in [-0.2, -0.15) is 18.3 Å². The number of benzene rings is 1. The number of ether oxygens (including phenoxy) is 1. The number of alkyl halides is 4. The van der Waals surface area contributed by atoms with Crippen molar-refractivity contribution in [3.8, 4) is 5.75 Å².